The molecule has 15 heteroatoms. The van der Waals surface area contributed by atoms with Crippen molar-refractivity contribution in [2.24, 2.45) is 0 Å². The van der Waals surface area contributed by atoms with Crippen molar-refractivity contribution in [1.82, 2.24) is 70.5 Å². The van der Waals surface area contributed by atoms with Crippen LogP contribution in [0.3, 0.4) is 0 Å². The van der Waals surface area contributed by atoms with Crippen LogP contribution in [0.5, 0.6) is 0 Å². The first-order chi connectivity index (χ1) is 68.0. The van der Waals surface area contributed by atoms with Gasteiger partial charge in [0.05, 0.1) is 116 Å². The molecule has 12 aromatic heterocycles. The maximum absolute atomic E-state index is 5.34. The Hall–Kier alpha value is -18.9. The molecule has 0 N–H and O–H groups in total. The van der Waals surface area contributed by atoms with Gasteiger partial charge < -0.3 is 13.7 Å². The van der Waals surface area contributed by atoms with Crippen molar-refractivity contribution < 1.29 is 0 Å². The Morgan fingerprint density at radius 3 is 0.781 bits per heavy atom. The zero-order valence-electron chi connectivity index (χ0n) is 73.4. The fourth-order valence-electron chi connectivity index (χ4n) is 22.6. The van der Waals surface area contributed by atoms with Gasteiger partial charge in [0.25, 0.3) is 0 Å². The van der Waals surface area contributed by atoms with Gasteiger partial charge >= 0.3 is 0 Å². The third-order valence-electron chi connectivity index (χ3n) is 28.4. The van der Waals surface area contributed by atoms with Crippen LogP contribution >= 0.6 is 0 Å². The van der Waals surface area contributed by atoms with Crippen molar-refractivity contribution in [2.45, 2.75) is 0 Å². The average molecular weight is 1750 g/mol. The zero-order valence-corrected chi connectivity index (χ0v) is 73.4. The Labute approximate surface area is 778 Å². The monoisotopic (exact) mass is 1750 g/mol. The number of fused-ring (bicyclic) bond motifs is 37. The molecular formula is C122H73N15. The Bertz CT molecular complexity index is 10800. The van der Waals surface area contributed by atoms with E-state index < -0.39 is 0 Å². The minimum Gasteiger partial charge on any atom is -0.309 e. The van der Waals surface area contributed by atoms with Crippen molar-refractivity contribution in [1.29, 1.82) is 0 Å². The number of imidazole rings is 3. The van der Waals surface area contributed by atoms with Gasteiger partial charge in [0.15, 0.2) is 0 Å². The molecule has 0 aliphatic carbocycles. The predicted molar refractivity (Wildman–Crippen MR) is 565 cm³/mol. The van der Waals surface area contributed by atoms with Gasteiger partial charge in [0, 0.05) is 103 Å². The Balaban J connectivity index is 0.0000000975. The van der Waals surface area contributed by atoms with E-state index in [1.165, 1.54) is 119 Å². The van der Waals surface area contributed by atoms with Gasteiger partial charge in [-0.3, -0.25) is 26.9 Å². The molecule has 0 radical (unpaired) electrons. The lowest BCUT2D eigenvalue weighted by Crippen LogP contribution is -2.06. The Morgan fingerprint density at radius 1 is 0.139 bits per heavy atom. The van der Waals surface area contributed by atoms with E-state index in [1.807, 2.05) is 36.4 Å². The minimum atomic E-state index is 0.828. The smallest absolute Gasteiger partial charge is 0.221 e. The topological polar surface area (TPSA) is 120 Å². The summed E-state index contributed by atoms with van der Waals surface area (Å²) in [6.07, 6.45) is 0. The first kappa shape index (κ1) is 74.9. The van der Waals surface area contributed by atoms with Gasteiger partial charge in [-0.1, -0.05) is 267 Å². The number of nitrogens with zero attached hydrogens (tertiary/aromatic N) is 15. The molecule has 15 nitrogen and oxygen atoms in total. The summed E-state index contributed by atoms with van der Waals surface area (Å²) in [6, 6.07) is 158. The van der Waals surface area contributed by atoms with Crippen LogP contribution in [-0.2, 0) is 0 Å². The van der Waals surface area contributed by atoms with Crippen molar-refractivity contribution >= 4 is 235 Å². The number of para-hydroxylation sites is 16. The summed E-state index contributed by atoms with van der Waals surface area (Å²) >= 11 is 0. The molecule has 0 atom stereocenters. The molecule has 0 aliphatic rings. The van der Waals surface area contributed by atoms with E-state index in [0.29, 0.717) is 0 Å². The highest BCUT2D eigenvalue weighted by molar-refractivity contribution is 6.23. The molecule has 0 amide bonds. The predicted octanol–water partition coefficient (Wildman–Crippen LogP) is 30.0. The van der Waals surface area contributed by atoms with Crippen LogP contribution in [0.25, 0.3) is 270 Å². The van der Waals surface area contributed by atoms with E-state index in [-0.39, 0.29) is 0 Å². The van der Waals surface area contributed by atoms with E-state index in [1.54, 1.807) is 0 Å². The number of aromatic nitrogens is 15. The van der Waals surface area contributed by atoms with E-state index in [4.69, 9.17) is 29.9 Å². The summed E-state index contributed by atoms with van der Waals surface area (Å²) in [5.41, 5.74) is 28.7. The minimum absolute atomic E-state index is 0.828. The first-order valence-corrected chi connectivity index (χ1v) is 46.4. The molecule has 32 rings (SSSR count). The number of rotatable bonds is 6. The van der Waals surface area contributed by atoms with Gasteiger partial charge in [-0.15, -0.1) is 0 Å². The normalized spacial score (nSPS) is 12.2. The molecule has 0 bridgehead atoms. The second-order valence-corrected chi connectivity index (χ2v) is 35.7. The second kappa shape index (κ2) is 28.8. The lowest BCUT2D eigenvalue weighted by Gasteiger charge is -2.13. The molecule has 0 saturated carbocycles. The maximum atomic E-state index is 5.34. The highest BCUT2D eigenvalue weighted by Crippen LogP contribution is 2.46. The summed E-state index contributed by atoms with van der Waals surface area (Å²) in [4.78, 5) is 31.3. The third-order valence-corrected chi connectivity index (χ3v) is 28.4. The summed E-state index contributed by atoms with van der Waals surface area (Å²) in [6.45, 7) is 0. The van der Waals surface area contributed by atoms with Crippen molar-refractivity contribution in [3.8, 4) is 34.9 Å². The first-order valence-electron chi connectivity index (χ1n) is 46.4. The number of benzene rings is 20. The van der Waals surface area contributed by atoms with Gasteiger partial charge in [0.1, 0.15) is 16.9 Å². The van der Waals surface area contributed by atoms with Gasteiger partial charge in [-0.05, 0) is 192 Å². The molecule has 20 aromatic carbocycles. The van der Waals surface area contributed by atoms with Crippen LogP contribution in [0.1, 0.15) is 0 Å². The second-order valence-electron chi connectivity index (χ2n) is 35.7. The number of hydrogen-bond acceptors (Lipinski definition) is 6. The van der Waals surface area contributed by atoms with Crippen LogP contribution in [0, 0.1) is 0 Å². The molecule has 12 heterocycles. The molecule has 32 aromatic rings. The SMILES string of the molecule is c1ccc2c(c1)ccc1c2c2ccccc2n1-c1ccc2c(c1)c1ccccc1n2-c1nc2ccccc2c2nc3ccccc3n12.c1ccc2c(c1)ccc1c3ccccc3n(-c3ccc4c(c3)c3ccccc3n4-c3nc4ccccc4c4nc5ccccc5n34)c21.c1ccc2c(c1)nc(-n1c3ccccc3c3cc(-n4c5ccccc5c5ccccc54)ccc31)n1c3ccccc3nc21. The van der Waals surface area contributed by atoms with Gasteiger partial charge in [-0.25, -0.2) is 29.9 Å². The van der Waals surface area contributed by atoms with Crippen LogP contribution < -0.4 is 0 Å². The maximum Gasteiger partial charge on any atom is 0.221 e. The lowest BCUT2D eigenvalue weighted by atomic mass is 10.0. The lowest BCUT2D eigenvalue weighted by molar-refractivity contribution is 0.979. The van der Waals surface area contributed by atoms with E-state index in [9.17, 15) is 0 Å². The molecule has 0 fully saturated rings. The molecule has 0 spiro atoms. The summed E-state index contributed by atoms with van der Waals surface area (Å²) < 4.78 is 20.8. The fourth-order valence-corrected chi connectivity index (χ4v) is 22.6. The van der Waals surface area contributed by atoms with Gasteiger partial charge in [-0.2, -0.15) is 0 Å². The van der Waals surface area contributed by atoms with E-state index in [2.05, 4.69) is 447 Å². The van der Waals surface area contributed by atoms with Crippen molar-refractivity contribution in [2.75, 3.05) is 0 Å². The average Bonchev–Trinajstić information content (AvgIpc) is 0.985. The highest BCUT2D eigenvalue weighted by atomic mass is 15.3. The molecule has 137 heavy (non-hydrogen) atoms. The van der Waals surface area contributed by atoms with Crippen LogP contribution in [-0.4, -0.2) is 70.5 Å². The molecular weight excluding hydrogens is 1680 g/mol. The quantitative estimate of drug-likeness (QED) is 0.164. The molecule has 0 aliphatic heterocycles. The summed E-state index contributed by atoms with van der Waals surface area (Å²) in [5, 5.41) is 22.8. The van der Waals surface area contributed by atoms with Crippen LogP contribution in [0.2, 0.25) is 0 Å². The zero-order chi connectivity index (χ0) is 89.3. The fraction of sp³-hybridized carbons (Fsp3) is 0. The van der Waals surface area contributed by atoms with Crippen molar-refractivity contribution in [3.63, 3.8) is 0 Å². The summed E-state index contributed by atoms with van der Waals surface area (Å²) in [5.74, 6) is 2.49. The van der Waals surface area contributed by atoms with Crippen LogP contribution in [0.4, 0.5) is 0 Å². The van der Waals surface area contributed by atoms with Gasteiger partial charge in [0.2, 0.25) is 17.8 Å². The summed E-state index contributed by atoms with van der Waals surface area (Å²) in [7, 11) is 0. The van der Waals surface area contributed by atoms with Crippen LogP contribution in [0.15, 0.2) is 443 Å². The number of hydrogen-bond donors (Lipinski definition) is 0. The molecule has 0 unspecified atom stereocenters. The van der Waals surface area contributed by atoms with E-state index >= 15 is 0 Å². The standard InChI is InChI=1S/2C42H25N5.C38H23N5/c1-2-12-28-26(11-1)21-23-31-29-13-4-8-18-36(29)45(40(28)31)27-22-24-38-33(25-27)30-14-5-9-19-37(30)46(38)42-44-34-16-6-3-15-32(34)41-43-35-17-7-10-20-39(35)47(41)42;1-2-12-28-26(11-1)21-23-39-40(28)31-15-5-9-19-36(31)45(39)27-22-24-37-32(25-27)29-13-4-8-18-35(29)46(37)42-44-33-16-6-3-14-30(33)41-43-34-17-7-10-20-38(34)47(41)42;1-5-15-30-28(14-1)37-39-31-16-6-10-20-36(31)43(37)38(40-30)42-34-19-9-4-13-27(34)29-23-24(21-22-35(29)42)41-32-17-7-2-11-25(32)26-12-3-8-18-33(26)41/h2*1-25H;1-23H. The molecule has 636 valence electrons. The molecule has 0 saturated heterocycles. The van der Waals surface area contributed by atoms with E-state index in [0.717, 1.165) is 151 Å². The largest absolute Gasteiger partial charge is 0.309 e. The van der Waals surface area contributed by atoms with Crippen molar-refractivity contribution in [3.05, 3.63) is 443 Å². The highest BCUT2D eigenvalue weighted by Gasteiger charge is 2.28. The Morgan fingerprint density at radius 2 is 0.387 bits per heavy atom. The third kappa shape index (κ3) is 10.8. The Kier molecular flexibility index (Phi) is 15.8.